The topological polar surface area (TPSA) is 100 Å². The molecule has 1 fully saturated rings. The lowest BCUT2D eigenvalue weighted by Gasteiger charge is -2.18. The van der Waals surface area contributed by atoms with Crippen molar-refractivity contribution in [3.05, 3.63) is 96.2 Å². The van der Waals surface area contributed by atoms with Gasteiger partial charge in [-0.25, -0.2) is 14.4 Å². The highest BCUT2D eigenvalue weighted by Crippen LogP contribution is 2.37. The molecule has 3 heterocycles. The molecule has 0 bridgehead atoms. The van der Waals surface area contributed by atoms with Crippen molar-refractivity contribution in [3.63, 3.8) is 0 Å². The number of aromatic hydroxyl groups is 1. The number of aromatic nitrogens is 3. The minimum Gasteiger partial charge on any atom is -0.504 e. The fourth-order valence-electron chi connectivity index (χ4n) is 5.23. The third-order valence-corrected chi connectivity index (χ3v) is 7.18. The van der Waals surface area contributed by atoms with Crippen molar-refractivity contribution in [2.24, 2.45) is 5.73 Å². The Morgan fingerprint density at radius 2 is 1.87 bits per heavy atom. The first-order valence-electron chi connectivity index (χ1n) is 12.6. The molecule has 3 aromatic carbocycles. The van der Waals surface area contributed by atoms with Crippen molar-refractivity contribution in [2.75, 3.05) is 13.1 Å². The van der Waals surface area contributed by atoms with Crippen molar-refractivity contribution in [1.82, 2.24) is 19.4 Å². The molecular weight excluding hydrogens is 481 g/mol. The Morgan fingerprint density at radius 3 is 2.66 bits per heavy atom. The van der Waals surface area contributed by atoms with Crippen LogP contribution in [0.4, 0.5) is 4.39 Å². The van der Waals surface area contributed by atoms with E-state index in [1.54, 1.807) is 23.2 Å². The Kier molecular flexibility index (Phi) is 6.37. The van der Waals surface area contributed by atoms with Gasteiger partial charge in [0.25, 0.3) is 0 Å². The van der Waals surface area contributed by atoms with E-state index in [4.69, 9.17) is 5.73 Å². The molecule has 6 rings (SSSR count). The molecule has 2 aromatic heterocycles. The zero-order chi connectivity index (χ0) is 26.2. The first-order valence-corrected chi connectivity index (χ1v) is 12.6. The van der Waals surface area contributed by atoms with Crippen LogP contribution in [-0.2, 0) is 13.1 Å². The number of likely N-dealkylation sites (tertiary alicyclic amines) is 1. The summed E-state index contributed by atoms with van der Waals surface area (Å²) in [7, 11) is 0. The van der Waals surface area contributed by atoms with Crippen LogP contribution >= 0.6 is 0 Å². The molecule has 1 aliphatic heterocycles. The molecule has 7 nitrogen and oxygen atoms in total. The van der Waals surface area contributed by atoms with Crippen molar-refractivity contribution in [1.29, 1.82) is 0 Å². The van der Waals surface area contributed by atoms with Gasteiger partial charge in [-0.15, -0.1) is 0 Å². The number of nitrogens with zero attached hydrogens (tertiary/aromatic N) is 4. The number of benzene rings is 3. The summed E-state index contributed by atoms with van der Waals surface area (Å²) in [6.45, 7) is 2.55. The van der Waals surface area contributed by atoms with Crippen molar-refractivity contribution < 1.29 is 14.6 Å². The van der Waals surface area contributed by atoms with E-state index in [9.17, 15) is 10.2 Å². The monoisotopic (exact) mass is 509 g/mol. The normalized spacial score (nSPS) is 15.9. The minimum absolute atomic E-state index is 0.141. The number of hydrogen-bond acceptors (Lipinski definition) is 6. The van der Waals surface area contributed by atoms with Crippen LogP contribution in [0, 0.1) is 5.82 Å². The Hall–Kier alpha value is -4.11. The predicted octanol–water partition coefficient (Wildman–Crippen LogP) is 4.62. The van der Waals surface area contributed by atoms with Gasteiger partial charge >= 0.3 is 0 Å². The Balaban J connectivity index is 1.37. The van der Waals surface area contributed by atoms with E-state index in [0.717, 1.165) is 40.9 Å². The summed E-state index contributed by atoms with van der Waals surface area (Å²) < 4.78 is 17.4. The van der Waals surface area contributed by atoms with Crippen LogP contribution in [0.1, 0.15) is 17.5 Å². The zero-order valence-corrected chi connectivity index (χ0v) is 20.8. The number of rotatable bonds is 6. The highest BCUT2D eigenvalue weighted by Gasteiger charge is 2.22. The maximum Gasteiger partial charge on any atom is 0.168 e. The van der Waals surface area contributed by atoms with Crippen LogP contribution < -0.4 is 5.73 Å². The highest BCUT2D eigenvalue weighted by molar-refractivity contribution is 5.89. The number of pyridine rings is 1. The second-order valence-electron chi connectivity index (χ2n) is 9.71. The Labute approximate surface area is 219 Å². The molecule has 0 saturated carbocycles. The van der Waals surface area contributed by atoms with Gasteiger partial charge < -0.3 is 15.9 Å². The second-order valence-corrected chi connectivity index (χ2v) is 9.71. The van der Waals surface area contributed by atoms with Gasteiger partial charge in [-0.2, -0.15) is 0 Å². The van der Waals surface area contributed by atoms with E-state index in [1.807, 2.05) is 54.6 Å². The van der Waals surface area contributed by atoms with E-state index in [-0.39, 0.29) is 23.1 Å². The van der Waals surface area contributed by atoms with Crippen LogP contribution in [0.2, 0.25) is 0 Å². The summed E-state index contributed by atoms with van der Waals surface area (Å²) in [5.74, 6) is -0.620. The molecule has 8 heteroatoms. The third-order valence-electron chi connectivity index (χ3n) is 7.18. The lowest BCUT2D eigenvalue weighted by Crippen LogP contribution is -2.21. The van der Waals surface area contributed by atoms with Crippen LogP contribution in [0.25, 0.3) is 39.1 Å². The average Bonchev–Trinajstić information content (AvgIpc) is 3.56. The zero-order valence-electron chi connectivity index (χ0n) is 20.8. The number of imidazole rings is 1. The minimum atomic E-state index is -0.479. The average molecular weight is 510 g/mol. The summed E-state index contributed by atoms with van der Waals surface area (Å²) in [5, 5.41) is 21.1. The van der Waals surface area contributed by atoms with E-state index in [2.05, 4.69) is 14.9 Å². The van der Waals surface area contributed by atoms with Gasteiger partial charge in [0.05, 0.1) is 12.3 Å². The number of hydrogen-bond donors (Lipinski definition) is 3. The first-order chi connectivity index (χ1) is 18.5. The summed E-state index contributed by atoms with van der Waals surface area (Å²) in [6, 6.07) is 20.6. The smallest absolute Gasteiger partial charge is 0.168 e. The molecule has 1 saturated heterocycles. The van der Waals surface area contributed by atoms with Gasteiger partial charge in [-0.05, 0) is 52.9 Å². The summed E-state index contributed by atoms with van der Waals surface area (Å²) in [6.07, 6.45) is 3.63. The summed E-state index contributed by atoms with van der Waals surface area (Å²) in [4.78, 5) is 10.9. The lowest BCUT2D eigenvalue weighted by molar-refractivity contribution is 0.175. The fourth-order valence-corrected chi connectivity index (χ4v) is 5.23. The SMILES string of the molecule is NCc1cccc(-n2cnc3cnc(-c4ccc(-c5ccccc5CN5CC[C@@H](O)C5)cc4F)c(O)c32)c1. The second kappa shape index (κ2) is 9.98. The van der Waals surface area contributed by atoms with E-state index < -0.39 is 5.82 Å². The number of halogens is 1. The van der Waals surface area contributed by atoms with Gasteiger partial charge in [-0.1, -0.05) is 42.5 Å². The predicted molar refractivity (Wildman–Crippen MR) is 145 cm³/mol. The van der Waals surface area contributed by atoms with Crippen LogP contribution in [0.3, 0.4) is 0 Å². The maximum atomic E-state index is 15.6. The number of β-amino-alcohol motifs (C(OH)–C–C–N with tert-alkyl or cyclic N) is 1. The Morgan fingerprint density at radius 1 is 1.00 bits per heavy atom. The van der Waals surface area contributed by atoms with Gasteiger partial charge in [0.2, 0.25) is 0 Å². The molecule has 0 unspecified atom stereocenters. The van der Waals surface area contributed by atoms with Crippen LogP contribution in [-0.4, -0.2) is 48.8 Å². The van der Waals surface area contributed by atoms with E-state index >= 15 is 4.39 Å². The van der Waals surface area contributed by atoms with E-state index in [0.29, 0.717) is 30.7 Å². The molecule has 1 aliphatic rings. The summed E-state index contributed by atoms with van der Waals surface area (Å²) in [5.41, 5.74) is 11.6. The van der Waals surface area contributed by atoms with Crippen molar-refractivity contribution in [2.45, 2.75) is 25.6 Å². The van der Waals surface area contributed by atoms with Gasteiger partial charge in [0, 0.05) is 37.4 Å². The van der Waals surface area contributed by atoms with Crippen LogP contribution in [0.15, 0.2) is 79.3 Å². The molecule has 4 N–H and O–H groups in total. The third kappa shape index (κ3) is 4.43. The van der Waals surface area contributed by atoms with E-state index in [1.165, 1.54) is 6.07 Å². The molecule has 1 atom stereocenters. The quantitative estimate of drug-likeness (QED) is 0.309. The number of nitrogens with two attached hydrogens (primary N) is 1. The van der Waals surface area contributed by atoms with Gasteiger partial charge in [0.15, 0.2) is 5.75 Å². The highest BCUT2D eigenvalue weighted by atomic mass is 19.1. The molecule has 0 amide bonds. The van der Waals surface area contributed by atoms with Crippen molar-refractivity contribution in [3.8, 4) is 33.8 Å². The first kappa shape index (κ1) is 24.2. The molecule has 0 aliphatic carbocycles. The molecule has 5 aromatic rings. The Bertz CT molecular complexity index is 1630. The number of fused-ring (bicyclic) bond motifs is 1. The number of aliphatic hydroxyl groups is 1. The molecular formula is C30H28FN5O2. The maximum absolute atomic E-state index is 15.6. The molecule has 38 heavy (non-hydrogen) atoms. The largest absolute Gasteiger partial charge is 0.504 e. The fraction of sp³-hybridized carbons (Fsp3) is 0.200. The van der Waals surface area contributed by atoms with Crippen LogP contribution in [0.5, 0.6) is 5.75 Å². The van der Waals surface area contributed by atoms with Gasteiger partial charge in [0.1, 0.15) is 28.9 Å². The molecule has 0 radical (unpaired) electrons. The number of aliphatic hydroxyl groups excluding tert-OH is 1. The summed E-state index contributed by atoms with van der Waals surface area (Å²) >= 11 is 0. The molecule has 0 spiro atoms. The lowest BCUT2D eigenvalue weighted by atomic mass is 9.97. The van der Waals surface area contributed by atoms with Gasteiger partial charge in [-0.3, -0.25) is 9.47 Å². The standard InChI is InChI=1S/C30H28FN5O2/c31-26-13-20(24-7-2-1-5-21(24)16-35-11-10-23(37)17-35)8-9-25(26)28-30(38)29-27(15-33-28)34-18-36(29)22-6-3-4-19(12-22)14-32/h1-9,12-13,15,18,23,37-38H,10-11,14,16-17,32H2/t23-/m1/s1. The molecule has 192 valence electrons. The van der Waals surface area contributed by atoms with Crippen molar-refractivity contribution >= 4 is 11.0 Å².